The van der Waals surface area contributed by atoms with Crippen LogP contribution in [0.2, 0.25) is 0 Å². The number of Topliss-reactive ketones (excluding diaryl/α,β-unsaturated/α-hetero) is 2. The molecule has 0 aliphatic heterocycles. The second kappa shape index (κ2) is 16.6. The van der Waals surface area contributed by atoms with Gasteiger partial charge in [-0.05, 0) is 62.4 Å². The molecule has 4 aromatic heterocycles. The molecule has 0 saturated heterocycles. The van der Waals surface area contributed by atoms with Crippen LogP contribution in [0.3, 0.4) is 0 Å². The standard InChI is InChI=1S/2C16H10F6N2O2.Cu/c2*1-8(13(25)9-2-4-23-11(6-9)15(17,18)19)14(26)10-3-5-24-12(7-10)16(20,21)22;/h2*2-7,25H,1H3;/b2*13-8-;. The van der Waals surface area contributed by atoms with Crippen molar-refractivity contribution < 1.29 is 89.6 Å². The Kier molecular flexibility index (Phi) is 13.7. The molecule has 0 aliphatic rings. The number of halogens is 12. The number of pyridine rings is 4. The van der Waals surface area contributed by atoms with Crippen LogP contribution >= 0.6 is 0 Å². The molecule has 0 unspecified atom stereocenters. The van der Waals surface area contributed by atoms with Crippen molar-refractivity contribution in [1.82, 2.24) is 19.9 Å². The molecule has 0 atom stereocenters. The predicted octanol–water partition coefficient (Wildman–Crippen LogP) is 9.37. The number of aliphatic hydroxyl groups is 2. The number of hydrogen-bond acceptors (Lipinski definition) is 8. The summed E-state index contributed by atoms with van der Waals surface area (Å²) in [7, 11) is 0. The Labute approximate surface area is 300 Å². The third-order valence-corrected chi connectivity index (χ3v) is 6.66. The zero-order valence-electron chi connectivity index (χ0n) is 26.3. The van der Waals surface area contributed by atoms with Gasteiger partial charge in [0.1, 0.15) is 34.3 Å². The number of carbonyl (C=O) groups excluding carboxylic acids is 2. The monoisotopic (exact) mass is 815 g/mol. The van der Waals surface area contributed by atoms with Crippen molar-refractivity contribution in [3.05, 3.63) is 129 Å². The van der Waals surface area contributed by atoms with Gasteiger partial charge >= 0.3 is 24.7 Å². The van der Waals surface area contributed by atoms with E-state index in [1.54, 1.807) is 0 Å². The van der Waals surface area contributed by atoms with Gasteiger partial charge in [0, 0.05) is 75.3 Å². The van der Waals surface area contributed by atoms with Gasteiger partial charge in [0.15, 0.2) is 11.6 Å². The van der Waals surface area contributed by atoms with E-state index in [0.717, 1.165) is 62.9 Å². The molecule has 0 saturated carbocycles. The molecular formula is C32H20CuF12N4O4. The van der Waals surface area contributed by atoms with Crippen molar-refractivity contribution in [2.45, 2.75) is 38.6 Å². The molecule has 0 bridgehead atoms. The van der Waals surface area contributed by atoms with Gasteiger partial charge in [-0.1, -0.05) is 0 Å². The van der Waals surface area contributed by atoms with Crippen molar-refractivity contribution in [3.8, 4) is 0 Å². The molecule has 0 aromatic carbocycles. The number of ketones is 2. The number of hydrogen-bond donors (Lipinski definition) is 2. The van der Waals surface area contributed by atoms with Gasteiger partial charge < -0.3 is 10.2 Å². The fourth-order valence-corrected chi connectivity index (χ4v) is 4.00. The molecule has 2 N–H and O–H groups in total. The maximum Gasteiger partial charge on any atom is 0.433 e. The van der Waals surface area contributed by atoms with Gasteiger partial charge in [0.25, 0.3) is 0 Å². The first-order valence-electron chi connectivity index (χ1n) is 13.8. The normalized spacial score (nSPS) is 13.1. The summed E-state index contributed by atoms with van der Waals surface area (Å²) < 4.78 is 152. The van der Waals surface area contributed by atoms with Gasteiger partial charge in [-0.2, -0.15) is 52.7 Å². The summed E-state index contributed by atoms with van der Waals surface area (Å²) in [5.41, 5.74) is -7.56. The molecule has 21 heteroatoms. The van der Waals surface area contributed by atoms with E-state index in [4.69, 9.17) is 0 Å². The summed E-state index contributed by atoms with van der Waals surface area (Å²) in [4.78, 5) is 37.0. The second-order valence-corrected chi connectivity index (χ2v) is 10.3. The smallest absolute Gasteiger partial charge is 0.433 e. The number of allylic oxidation sites excluding steroid dienone is 2. The maximum atomic E-state index is 12.7. The first-order chi connectivity index (χ1) is 23.8. The largest absolute Gasteiger partial charge is 0.507 e. The van der Waals surface area contributed by atoms with Crippen LogP contribution in [0.5, 0.6) is 0 Å². The van der Waals surface area contributed by atoms with Gasteiger partial charge in [-0.15, -0.1) is 0 Å². The Balaban J connectivity index is 0.000000360. The van der Waals surface area contributed by atoms with E-state index in [0.29, 0.717) is 24.3 Å². The van der Waals surface area contributed by atoms with Crippen LogP contribution in [0.1, 0.15) is 68.5 Å². The third kappa shape index (κ3) is 11.3. The van der Waals surface area contributed by atoms with Gasteiger partial charge in [-0.3, -0.25) is 29.5 Å². The minimum absolute atomic E-state index is 0. The number of alkyl halides is 12. The van der Waals surface area contributed by atoms with Gasteiger partial charge in [-0.25, -0.2) is 0 Å². The van der Waals surface area contributed by atoms with Crippen LogP contribution in [0, 0.1) is 0 Å². The molecule has 4 rings (SSSR count). The van der Waals surface area contributed by atoms with Crippen LogP contribution in [0.25, 0.3) is 11.5 Å². The Hall–Kier alpha value is -5.30. The quantitative estimate of drug-likeness (QED) is 0.0649. The summed E-state index contributed by atoms with van der Waals surface area (Å²) in [6.45, 7) is 2.16. The Morgan fingerprint density at radius 1 is 0.453 bits per heavy atom. The van der Waals surface area contributed by atoms with Crippen molar-refractivity contribution in [2.24, 2.45) is 0 Å². The summed E-state index contributed by atoms with van der Waals surface area (Å²) in [5, 5.41) is 20.1. The molecule has 4 aromatic rings. The maximum absolute atomic E-state index is 12.7. The molecule has 0 spiro atoms. The van der Waals surface area contributed by atoms with Crippen LogP contribution in [0.4, 0.5) is 52.7 Å². The van der Waals surface area contributed by atoms with E-state index in [1.165, 1.54) is 0 Å². The first kappa shape index (κ1) is 43.9. The molecule has 4 heterocycles. The number of rotatable bonds is 6. The van der Waals surface area contributed by atoms with Crippen LogP contribution in [-0.4, -0.2) is 41.7 Å². The van der Waals surface area contributed by atoms with E-state index in [1.807, 2.05) is 0 Å². The van der Waals surface area contributed by atoms with Crippen molar-refractivity contribution in [2.75, 3.05) is 0 Å². The summed E-state index contributed by atoms with van der Waals surface area (Å²) >= 11 is 0. The number of aromatic nitrogens is 4. The van der Waals surface area contributed by atoms with Gasteiger partial charge in [0.05, 0.1) is 0 Å². The Morgan fingerprint density at radius 3 is 0.887 bits per heavy atom. The van der Waals surface area contributed by atoms with E-state index in [2.05, 4.69) is 19.9 Å². The molecule has 53 heavy (non-hydrogen) atoms. The van der Waals surface area contributed by atoms with Gasteiger partial charge in [0.2, 0.25) is 0 Å². The average Bonchev–Trinajstić information content (AvgIpc) is 3.08. The van der Waals surface area contributed by atoms with Crippen LogP contribution in [-0.2, 0) is 41.8 Å². The fraction of sp³-hybridized carbons (Fsp3) is 0.188. The molecule has 0 amide bonds. The van der Waals surface area contributed by atoms with Crippen molar-refractivity contribution >= 4 is 23.1 Å². The number of aliphatic hydroxyl groups excluding tert-OH is 2. The first-order valence-corrected chi connectivity index (χ1v) is 13.8. The zero-order valence-corrected chi connectivity index (χ0v) is 27.2. The van der Waals surface area contributed by atoms with E-state index in [-0.39, 0.29) is 28.2 Å². The number of carbonyl (C=O) groups is 2. The molecule has 0 fully saturated rings. The van der Waals surface area contributed by atoms with E-state index < -0.39 is 92.8 Å². The van der Waals surface area contributed by atoms with E-state index in [9.17, 15) is 72.5 Å². The molecule has 287 valence electrons. The predicted molar refractivity (Wildman–Crippen MR) is 156 cm³/mol. The summed E-state index contributed by atoms with van der Waals surface area (Å²) in [6, 6.07) is 6.12. The minimum atomic E-state index is -4.78. The molecular weight excluding hydrogens is 796 g/mol. The second-order valence-electron chi connectivity index (χ2n) is 10.3. The van der Waals surface area contributed by atoms with Crippen LogP contribution in [0.15, 0.2) is 84.5 Å². The van der Waals surface area contributed by atoms with Crippen molar-refractivity contribution in [3.63, 3.8) is 0 Å². The Morgan fingerprint density at radius 2 is 0.660 bits per heavy atom. The number of nitrogens with zero attached hydrogens (tertiary/aromatic N) is 4. The van der Waals surface area contributed by atoms with E-state index >= 15 is 0 Å². The summed E-state index contributed by atoms with van der Waals surface area (Å²) in [6.07, 6.45) is -15.9. The molecule has 1 radical (unpaired) electrons. The zero-order chi connectivity index (χ0) is 39.4. The van der Waals surface area contributed by atoms with Crippen molar-refractivity contribution in [1.29, 1.82) is 0 Å². The Bertz CT molecular complexity index is 1900. The third-order valence-electron chi connectivity index (χ3n) is 6.66. The SMILES string of the molecule is C/C(C(=O)c1ccnc(C(F)(F)F)c1)=C(/O)c1ccnc(C(F)(F)F)c1.C/C(C(=O)c1ccnc(C(F)(F)F)c1)=C(/O)c1ccnc(C(F)(F)F)c1.[Cu]. The molecule has 8 nitrogen and oxygen atoms in total. The summed E-state index contributed by atoms with van der Waals surface area (Å²) in [5.74, 6) is -3.57. The fourth-order valence-electron chi connectivity index (χ4n) is 4.00. The van der Waals surface area contributed by atoms with Crippen LogP contribution < -0.4 is 0 Å². The average molecular weight is 816 g/mol. The molecule has 0 aliphatic carbocycles. The minimum Gasteiger partial charge on any atom is -0.507 e. The topological polar surface area (TPSA) is 126 Å².